The van der Waals surface area contributed by atoms with Crippen LogP contribution < -0.4 is 16.8 Å². The molecule has 0 heterocycles. The van der Waals surface area contributed by atoms with Crippen molar-refractivity contribution in [2.24, 2.45) is 74.0 Å². The highest BCUT2D eigenvalue weighted by molar-refractivity contribution is 5.84. The number of nitrogens with zero attached hydrogens (tertiary/aromatic N) is 1. The van der Waals surface area contributed by atoms with Crippen molar-refractivity contribution >= 4 is 11.9 Å². The summed E-state index contributed by atoms with van der Waals surface area (Å²) >= 11 is 0. The van der Waals surface area contributed by atoms with Crippen LogP contribution >= 0.6 is 0 Å². The Balaban J connectivity index is 1.45. The lowest BCUT2D eigenvalue weighted by Crippen LogP contribution is -2.68. The van der Waals surface area contributed by atoms with Crippen LogP contribution in [0, 0.1) is 74.9 Å². The fraction of sp³-hybridized carbons (Fsp3) is 0.854. The number of rotatable bonds is 11. The van der Waals surface area contributed by atoms with Crippen molar-refractivity contribution in [3.8, 4) is 12.3 Å². The van der Waals surface area contributed by atoms with Gasteiger partial charge in [-0.25, -0.2) is 0 Å². The molecule has 0 aromatic rings. The van der Waals surface area contributed by atoms with Gasteiger partial charge in [0.15, 0.2) is 0 Å². The van der Waals surface area contributed by atoms with Crippen molar-refractivity contribution in [3.05, 3.63) is 12.2 Å². The largest absolute Gasteiger partial charge is 0.462 e. The molecule has 0 aromatic carbocycles. The van der Waals surface area contributed by atoms with Gasteiger partial charge >= 0.3 is 5.97 Å². The summed E-state index contributed by atoms with van der Waals surface area (Å²) in [5, 5.41) is 3.44. The third-order valence-corrected chi connectivity index (χ3v) is 15.8. The Kier molecular flexibility index (Phi) is 10.7. The second kappa shape index (κ2) is 13.7. The molecule has 1 unspecified atom stereocenters. The molecule has 5 saturated carbocycles. The molecule has 0 aliphatic heterocycles. The molecule has 7 nitrogen and oxygen atoms in total. The molecule has 7 heteroatoms. The molecule has 5 fully saturated rings. The Morgan fingerprint density at radius 2 is 1.60 bits per heavy atom. The number of amides is 1. The van der Waals surface area contributed by atoms with E-state index in [1.54, 1.807) is 6.92 Å². The fourth-order valence-corrected chi connectivity index (χ4v) is 13.8. The molecule has 1 amide bonds. The van der Waals surface area contributed by atoms with Crippen molar-refractivity contribution in [1.29, 1.82) is 0 Å². The summed E-state index contributed by atoms with van der Waals surface area (Å²) in [5.41, 5.74) is 12.9. The lowest BCUT2D eigenvalue weighted by atomic mass is 9.31. The van der Waals surface area contributed by atoms with Crippen molar-refractivity contribution in [1.82, 2.24) is 10.2 Å². The summed E-state index contributed by atoms with van der Waals surface area (Å²) in [4.78, 5) is 29.0. The highest BCUT2D eigenvalue weighted by atomic mass is 16.5. The Morgan fingerprint density at radius 1 is 0.917 bits per heavy atom. The minimum absolute atomic E-state index is 0.108. The van der Waals surface area contributed by atoms with Crippen LogP contribution in [0.25, 0.3) is 0 Å². The number of allylic oxidation sites excluding steroid dienone is 1. The van der Waals surface area contributed by atoms with Crippen LogP contribution in [0.2, 0.25) is 0 Å². The van der Waals surface area contributed by atoms with Gasteiger partial charge in [0.25, 0.3) is 0 Å². The molecule has 48 heavy (non-hydrogen) atoms. The molecule has 5 aliphatic rings. The van der Waals surface area contributed by atoms with E-state index in [0.29, 0.717) is 55.6 Å². The van der Waals surface area contributed by atoms with Crippen LogP contribution in [0.1, 0.15) is 113 Å². The topological polar surface area (TPSA) is 111 Å². The van der Waals surface area contributed by atoms with Crippen LogP contribution in [0.5, 0.6) is 0 Å². The summed E-state index contributed by atoms with van der Waals surface area (Å²) in [7, 11) is 0. The number of hydrogen-bond acceptors (Lipinski definition) is 6. The first-order valence-corrected chi connectivity index (χ1v) is 19.2. The Bertz CT molecular complexity index is 1270. The van der Waals surface area contributed by atoms with Crippen LogP contribution in [0.3, 0.4) is 0 Å². The molecule has 270 valence electrons. The second-order valence-corrected chi connectivity index (χ2v) is 18.2. The molecule has 5 aliphatic carbocycles. The van der Waals surface area contributed by atoms with Crippen molar-refractivity contribution in [2.45, 2.75) is 119 Å². The Labute approximate surface area is 292 Å². The number of ether oxygens (including phenoxy) is 1. The minimum atomic E-state index is -0.327. The first-order chi connectivity index (χ1) is 22.6. The Hall–Kier alpha value is -1.88. The molecular formula is C41H68N4O3. The molecule has 0 saturated heterocycles. The minimum Gasteiger partial charge on any atom is -0.462 e. The predicted octanol–water partition coefficient (Wildman–Crippen LogP) is 6.16. The first-order valence-electron chi connectivity index (χ1n) is 19.2. The maximum Gasteiger partial charge on any atom is 0.302 e. The summed E-state index contributed by atoms with van der Waals surface area (Å²) in [6.45, 7) is 25.0. The molecule has 5 N–H and O–H groups in total. The van der Waals surface area contributed by atoms with Gasteiger partial charge in [0.1, 0.15) is 6.10 Å². The van der Waals surface area contributed by atoms with Crippen molar-refractivity contribution in [2.75, 3.05) is 39.3 Å². The summed E-state index contributed by atoms with van der Waals surface area (Å²) < 4.78 is 6.12. The quantitative estimate of drug-likeness (QED) is 0.139. The number of esters is 1. The second-order valence-electron chi connectivity index (χ2n) is 18.2. The lowest BCUT2D eigenvalue weighted by molar-refractivity contribution is -0.258. The van der Waals surface area contributed by atoms with E-state index in [4.69, 9.17) is 22.6 Å². The monoisotopic (exact) mass is 665 g/mol. The van der Waals surface area contributed by atoms with Gasteiger partial charge in [0, 0.05) is 63.9 Å². The highest BCUT2D eigenvalue weighted by Gasteiger charge is 2.72. The molecule has 0 spiro atoms. The zero-order valence-corrected chi connectivity index (χ0v) is 31.5. The van der Waals surface area contributed by atoms with Crippen molar-refractivity contribution in [3.63, 3.8) is 0 Å². The van der Waals surface area contributed by atoms with E-state index >= 15 is 0 Å². The average molecular weight is 665 g/mol. The van der Waals surface area contributed by atoms with Gasteiger partial charge in [-0.3, -0.25) is 14.5 Å². The SMILES string of the molecule is C#CC[C@@H]1C[C@]2(C)[C@H]3CC[C@@H]4[C@H]5C(C(=C)C)CC[C@]5(C(=O)NCCN(CCN)CCN)CC[C@@]4(C)[C@]3(C)CC[C@H]2C(C)(C)[C@H]1OC(C)=O. The smallest absolute Gasteiger partial charge is 0.302 e. The highest BCUT2D eigenvalue weighted by Crippen LogP contribution is 2.78. The molecule has 0 radical (unpaired) electrons. The number of nitrogens with two attached hydrogens (primary N) is 2. The van der Waals surface area contributed by atoms with Gasteiger partial charge in [0.2, 0.25) is 5.91 Å². The number of fused-ring (bicyclic) bond motifs is 7. The van der Waals surface area contributed by atoms with Gasteiger partial charge in [-0.2, -0.15) is 0 Å². The number of nitrogens with one attached hydrogen (secondary N) is 1. The fourth-order valence-electron chi connectivity index (χ4n) is 13.8. The van der Waals surface area contributed by atoms with Crippen LogP contribution in [0.4, 0.5) is 0 Å². The van der Waals surface area contributed by atoms with Crippen LogP contribution in [-0.2, 0) is 14.3 Å². The number of carbonyl (C=O) groups is 2. The van der Waals surface area contributed by atoms with Crippen molar-refractivity contribution < 1.29 is 14.3 Å². The van der Waals surface area contributed by atoms with Gasteiger partial charge in [-0.15, -0.1) is 12.3 Å². The molecule has 11 atom stereocenters. The normalized spacial score (nSPS) is 42.8. The van der Waals surface area contributed by atoms with E-state index in [0.717, 1.165) is 64.6 Å². The maximum absolute atomic E-state index is 14.5. The summed E-state index contributed by atoms with van der Waals surface area (Å²) in [6, 6.07) is 0. The summed E-state index contributed by atoms with van der Waals surface area (Å²) in [5.74, 6) is 5.42. The lowest BCUT2D eigenvalue weighted by Gasteiger charge is -2.73. The van der Waals surface area contributed by atoms with Gasteiger partial charge in [0.05, 0.1) is 5.41 Å². The van der Waals surface area contributed by atoms with E-state index in [1.165, 1.54) is 18.4 Å². The third-order valence-electron chi connectivity index (χ3n) is 15.8. The Morgan fingerprint density at radius 3 is 2.21 bits per heavy atom. The molecule has 0 aromatic heterocycles. The zero-order valence-electron chi connectivity index (χ0n) is 31.5. The van der Waals surface area contributed by atoms with Gasteiger partial charge < -0.3 is 21.5 Å². The first kappa shape index (κ1) is 37.4. The molecular weight excluding hydrogens is 596 g/mol. The summed E-state index contributed by atoms with van der Waals surface area (Å²) in [6.07, 6.45) is 16.2. The van der Waals surface area contributed by atoms with Gasteiger partial charge in [-0.05, 0) is 111 Å². The molecule has 0 bridgehead atoms. The average Bonchev–Trinajstić information content (AvgIpc) is 3.41. The van der Waals surface area contributed by atoms with E-state index in [-0.39, 0.29) is 51.0 Å². The standard InChI is InChI=1S/C41H68N4O3/c1-10-11-29-26-38(7)32(37(5,6)35(29)48-28(4)46)15-16-40(9)33(38)13-12-31-34-30(27(2)3)14-17-41(34,19-18-39(31,40)8)36(47)44-22-25-45(23-20-42)24-21-43/h1,29-35H,2,11-26,42-43H2,3-9H3,(H,44,47)/t29-,30?,31-,32+,33-,34-,35+,38+,39-,40-,41+/m1/s1. The van der Waals surface area contributed by atoms with E-state index in [1.807, 2.05) is 0 Å². The number of hydrogen-bond donors (Lipinski definition) is 3. The molecule has 5 rings (SSSR count). The van der Waals surface area contributed by atoms with E-state index < -0.39 is 0 Å². The van der Waals surface area contributed by atoms with E-state index in [2.05, 4.69) is 64.3 Å². The van der Waals surface area contributed by atoms with Crippen LogP contribution in [0.15, 0.2) is 12.2 Å². The predicted molar refractivity (Wildman–Crippen MR) is 194 cm³/mol. The van der Waals surface area contributed by atoms with Gasteiger partial charge in [-0.1, -0.05) is 46.8 Å². The third kappa shape index (κ3) is 5.78. The zero-order chi connectivity index (χ0) is 35.3. The number of terminal acetylenes is 1. The van der Waals surface area contributed by atoms with E-state index in [9.17, 15) is 9.59 Å². The maximum atomic E-state index is 14.5. The number of carbonyl (C=O) groups excluding carboxylic acids is 2. The van der Waals surface area contributed by atoms with Crippen LogP contribution in [-0.4, -0.2) is 62.1 Å².